The van der Waals surface area contributed by atoms with E-state index in [2.05, 4.69) is 5.32 Å². The van der Waals surface area contributed by atoms with Crippen LogP contribution in [0.1, 0.15) is 39.0 Å². The predicted molar refractivity (Wildman–Crippen MR) is 71.2 cm³/mol. The Hall–Kier alpha value is -0.820. The maximum atomic E-state index is 12.0. The van der Waals surface area contributed by atoms with Gasteiger partial charge >= 0.3 is 6.18 Å². The smallest absolute Gasteiger partial charge is 0.369 e. The summed E-state index contributed by atoms with van der Waals surface area (Å²) in [7, 11) is 0. The summed E-state index contributed by atoms with van der Waals surface area (Å²) >= 11 is 0. The van der Waals surface area contributed by atoms with Crippen LogP contribution >= 0.6 is 0 Å². The van der Waals surface area contributed by atoms with Gasteiger partial charge in [0.05, 0.1) is 6.54 Å². The van der Waals surface area contributed by atoms with Crippen LogP contribution in [0.2, 0.25) is 0 Å². The fourth-order valence-electron chi connectivity index (χ4n) is 2.57. The topological polar surface area (TPSA) is 58.4 Å². The number of likely N-dealkylation sites (tertiary alicyclic amines) is 1. The number of amides is 1. The Morgan fingerprint density at radius 1 is 1.40 bits per heavy atom. The van der Waals surface area contributed by atoms with E-state index in [-0.39, 0.29) is 24.9 Å². The zero-order valence-electron chi connectivity index (χ0n) is 11.9. The molecule has 0 saturated carbocycles. The first kappa shape index (κ1) is 17.2. The van der Waals surface area contributed by atoms with Crippen LogP contribution in [0.4, 0.5) is 13.2 Å². The normalized spacial score (nSPS) is 20.0. The highest BCUT2D eigenvalue weighted by Gasteiger charge is 2.27. The molecular formula is C13H24F3N3O. The van der Waals surface area contributed by atoms with Crippen LogP contribution in [-0.2, 0) is 4.79 Å². The summed E-state index contributed by atoms with van der Waals surface area (Å²) in [5.74, 6) is -0.322. The van der Waals surface area contributed by atoms with Crippen LogP contribution in [0.25, 0.3) is 0 Å². The molecule has 1 saturated heterocycles. The molecular weight excluding hydrogens is 271 g/mol. The maximum absolute atomic E-state index is 12.0. The van der Waals surface area contributed by atoms with Gasteiger partial charge in [-0.3, -0.25) is 9.69 Å². The number of hydrogen-bond acceptors (Lipinski definition) is 3. The largest absolute Gasteiger partial charge is 0.389 e. The molecule has 0 spiro atoms. The van der Waals surface area contributed by atoms with Gasteiger partial charge in [0.15, 0.2) is 0 Å². The van der Waals surface area contributed by atoms with Crippen molar-refractivity contribution in [1.29, 1.82) is 0 Å². The molecule has 1 aliphatic heterocycles. The van der Waals surface area contributed by atoms with Crippen molar-refractivity contribution in [3.63, 3.8) is 0 Å². The zero-order chi connectivity index (χ0) is 15.2. The minimum absolute atomic E-state index is 0.0880. The number of primary amides is 1. The van der Waals surface area contributed by atoms with Gasteiger partial charge < -0.3 is 11.1 Å². The van der Waals surface area contributed by atoms with Crippen molar-refractivity contribution in [1.82, 2.24) is 10.2 Å². The van der Waals surface area contributed by atoms with Gasteiger partial charge in [0.2, 0.25) is 5.91 Å². The summed E-state index contributed by atoms with van der Waals surface area (Å²) in [5, 5.41) is 3.37. The summed E-state index contributed by atoms with van der Waals surface area (Å²) in [6.45, 7) is 3.81. The van der Waals surface area contributed by atoms with E-state index in [1.807, 2.05) is 11.8 Å². The lowest BCUT2D eigenvalue weighted by molar-refractivity contribution is -0.135. The molecule has 0 aromatic rings. The van der Waals surface area contributed by atoms with Crippen molar-refractivity contribution in [3.05, 3.63) is 0 Å². The summed E-state index contributed by atoms with van der Waals surface area (Å²) in [5.41, 5.74) is 5.14. The molecule has 0 aliphatic carbocycles. The highest BCUT2D eigenvalue weighted by molar-refractivity contribution is 5.75. The number of carbonyl (C=O) groups is 1. The summed E-state index contributed by atoms with van der Waals surface area (Å²) in [6, 6.07) is 0.407. The monoisotopic (exact) mass is 295 g/mol. The van der Waals surface area contributed by atoms with Crippen LogP contribution < -0.4 is 11.1 Å². The number of nitrogens with zero attached hydrogens (tertiary/aromatic N) is 1. The van der Waals surface area contributed by atoms with Gasteiger partial charge in [-0.1, -0.05) is 0 Å². The Kier molecular flexibility index (Phi) is 6.75. The molecule has 3 N–H and O–H groups in total. The zero-order valence-corrected chi connectivity index (χ0v) is 11.9. The number of halogens is 3. The van der Waals surface area contributed by atoms with E-state index < -0.39 is 12.6 Å². The van der Waals surface area contributed by atoms with Crippen LogP contribution in [0, 0.1) is 0 Å². The van der Waals surface area contributed by atoms with Gasteiger partial charge in [0.1, 0.15) is 0 Å². The van der Waals surface area contributed by atoms with E-state index in [4.69, 9.17) is 5.73 Å². The van der Waals surface area contributed by atoms with E-state index in [1.165, 1.54) is 0 Å². The fourth-order valence-corrected chi connectivity index (χ4v) is 2.57. The van der Waals surface area contributed by atoms with Gasteiger partial charge in [-0.05, 0) is 32.6 Å². The third-order valence-corrected chi connectivity index (χ3v) is 3.58. The molecule has 1 unspecified atom stereocenters. The second kappa shape index (κ2) is 7.83. The summed E-state index contributed by atoms with van der Waals surface area (Å²) in [4.78, 5) is 12.8. The molecule has 1 amide bonds. The van der Waals surface area contributed by atoms with Crippen molar-refractivity contribution in [2.75, 3.05) is 19.6 Å². The second-order valence-corrected chi connectivity index (χ2v) is 5.59. The summed E-state index contributed by atoms with van der Waals surface area (Å²) < 4.78 is 36.1. The number of carbonyl (C=O) groups excluding carboxylic acids is 1. The van der Waals surface area contributed by atoms with E-state index >= 15 is 0 Å². The highest BCUT2D eigenvalue weighted by atomic mass is 19.4. The molecule has 0 radical (unpaired) electrons. The first-order valence-corrected chi connectivity index (χ1v) is 7.09. The number of rotatable bonds is 7. The predicted octanol–water partition coefficient (Wildman–Crippen LogP) is 1.65. The van der Waals surface area contributed by atoms with E-state index in [0.717, 1.165) is 25.9 Å². The second-order valence-electron chi connectivity index (χ2n) is 5.59. The Labute approximate surface area is 117 Å². The molecule has 118 valence electrons. The van der Waals surface area contributed by atoms with Crippen LogP contribution in [0.3, 0.4) is 0 Å². The lowest BCUT2D eigenvalue weighted by Crippen LogP contribution is -2.47. The lowest BCUT2D eigenvalue weighted by Gasteiger charge is -2.33. The van der Waals surface area contributed by atoms with Crippen LogP contribution in [0.5, 0.6) is 0 Å². The first-order chi connectivity index (χ1) is 9.26. The van der Waals surface area contributed by atoms with Crippen molar-refractivity contribution in [3.8, 4) is 0 Å². The molecule has 0 bridgehead atoms. The molecule has 4 nitrogen and oxygen atoms in total. The van der Waals surface area contributed by atoms with Gasteiger partial charge in [-0.2, -0.15) is 13.2 Å². The number of nitrogens with one attached hydrogen (secondary N) is 1. The molecule has 1 aliphatic rings. The SMILES string of the molecule is CC(CCCC(F)(F)F)NC1CCN(CC(N)=O)CC1. The third-order valence-electron chi connectivity index (χ3n) is 3.58. The summed E-state index contributed by atoms with van der Waals surface area (Å²) in [6.07, 6.45) is -2.27. The van der Waals surface area contributed by atoms with Crippen molar-refractivity contribution in [2.45, 2.75) is 57.3 Å². The Bertz CT molecular complexity index is 302. The molecule has 1 heterocycles. The average molecular weight is 295 g/mol. The Morgan fingerprint density at radius 2 is 2.00 bits per heavy atom. The minimum Gasteiger partial charge on any atom is -0.369 e. The molecule has 0 aromatic heterocycles. The van der Waals surface area contributed by atoms with Gasteiger partial charge in [0.25, 0.3) is 0 Å². The molecule has 0 aromatic carbocycles. The van der Waals surface area contributed by atoms with Gasteiger partial charge in [0, 0.05) is 31.6 Å². The molecule has 1 rings (SSSR count). The van der Waals surface area contributed by atoms with Crippen molar-refractivity contribution in [2.24, 2.45) is 5.73 Å². The number of nitrogens with two attached hydrogens (primary N) is 1. The van der Waals surface area contributed by atoms with Crippen LogP contribution in [0.15, 0.2) is 0 Å². The van der Waals surface area contributed by atoms with Crippen LogP contribution in [-0.4, -0.2) is 48.7 Å². The quantitative estimate of drug-likeness (QED) is 0.751. The van der Waals surface area contributed by atoms with E-state index in [1.54, 1.807) is 0 Å². The Balaban J connectivity index is 2.15. The molecule has 7 heteroatoms. The number of alkyl halides is 3. The first-order valence-electron chi connectivity index (χ1n) is 7.09. The van der Waals surface area contributed by atoms with Crippen molar-refractivity contribution < 1.29 is 18.0 Å². The fraction of sp³-hybridized carbons (Fsp3) is 0.923. The number of piperidine rings is 1. The molecule has 20 heavy (non-hydrogen) atoms. The van der Waals surface area contributed by atoms with Gasteiger partial charge in [-0.15, -0.1) is 0 Å². The third kappa shape index (κ3) is 7.69. The molecule has 1 fully saturated rings. The van der Waals surface area contributed by atoms with Crippen molar-refractivity contribution >= 4 is 5.91 Å². The lowest BCUT2D eigenvalue weighted by atomic mass is 10.0. The highest BCUT2D eigenvalue weighted by Crippen LogP contribution is 2.23. The van der Waals surface area contributed by atoms with Gasteiger partial charge in [-0.25, -0.2) is 0 Å². The minimum atomic E-state index is -4.06. The maximum Gasteiger partial charge on any atom is 0.389 e. The number of hydrogen-bond donors (Lipinski definition) is 2. The standard InChI is InChI=1S/C13H24F3N3O/c1-10(3-2-6-13(14,15)16)18-11-4-7-19(8-5-11)9-12(17)20/h10-11,18H,2-9H2,1H3,(H2,17,20). The Morgan fingerprint density at radius 3 is 2.50 bits per heavy atom. The molecule has 1 atom stereocenters. The van der Waals surface area contributed by atoms with E-state index in [9.17, 15) is 18.0 Å². The van der Waals surface area contributed by atoms with E-state index in [0.29, 0.717) is 12.5 Å². The average Bonchev–Trinajstić information content (AvgIpc) is 2.29.